The Bertz CT molecular complexity index is 675. The SMILES string of the molecule is C=CCN1CC[C@]2(CN(C(=O)Cc3cccc(F)c3)C[C@H]2C)C1=O. The van der Waals surface area contributed by atoms with Crippen LogP contribution in [0.2, 0.25) is 0 Å². The molecule has 24 heavy (non-hydrogen) atoms. The van der Waals surface area contributed by atoms with Gasteiger partial charge in [-0.25, -0.2) is 4.39 Å². The molecule has 0 aromatic heterocycles. The Balaban J connectivity index is 1.70. The van der Waals surface area contributed by atoms with E-state index >= 15 is 0 Å². The lowest BCUT2D eigenvalue weighted by Crippen LogP contribution is -2.40. The van der Waals surface area contributed by atoms with Gasteiger partial charge < -0.3 is 9.80 Å². The van der Waals surface area contributed by atoms with E-state index in [-0.39, 0.29) is 30.0 Å². The van der Waals surface area contributed by atoms with Crippen LogP contribution in [-0.2, 0) is 16.0 Å². The maximum atomic E-state index is 13.3. The normalized spacial score (nSPS) is 26.4. The van der Waals surface area contributed by atoms with Gasteiger partial charge in [-0.1, -0.05) is 25.1 Å². The van der Waals surface area contributed by atoms with Gasteiger partial charge in [-0.3, -0.25) is 9.59 Å². The molecule has 2 fully saturated rings. The lowest BCUT2D eigenvalue weighted by molar-refractivity contribution is -0.137. The van der Waals surface area contributed by atoms with Crippen molar-refractivity contribution in [3.63, 3.8) is 0 Å². The summed E-state index contributed by atoms with van der Waals surface area (Å²) in [5.74, 6) is -0.107. The van der Waals surface area contributed by atoms with Crippen LogP contribution in [0.3, 0.4) is 0 Å². The minimum absolute atomic E-state index is 0.0423. The highest BCUT2D eigenvalue weighted by Crippen LogP contribution is 2.44. The molecule has 1 aromatic rings. The summed E-state index contributed by atoms with van der Waals surface area (Å²) >= 11 is 0. The number of carbonyl (C=O) groups is 2. The number of hydrogen-bond acceptors (Lipinski definition) is 2. The van der Waals surface area contributed by atoms with Crippen LogP contribution in [-0.4, -0.2) is 47.8 Å². The Morgan fingerprint density at radius 2 is 2.29 bits per heavy atom. The van der Waals surface area contributed by atoms with Crippen LogP contribution >= 0.6 is 0 Å². The molecular formula is C19H23FN2O2. The molecule has 2 atom stereocenters. The van der Waals surface area contributed by atoms with Crippen LogP contribution < -0.4 is 0 Å². The number of carbonyl (C=O) groups excluding carboxylic acids is 2. The number of likely N-dealkylation sites (tertiary alicyclic amines) is 2. The molecule has 2 saturated heterocycles. The molecule has 0 radical (unpaired) electrons. The number of hydrogen-bond donors (Lipinski definition) is 0. The molecule has 5 heteroatoms. The van der Waals surface area contributed by atoms with Crippen LogP contribution in [0.4, 0.5) is 4.39 Å². The third-order valence-corrected chi connectivity index (χ3v) is 5.40. The van der Waals surface area contributed by atoms with Crippen LogP contribution in [0.1, 0.15) is 18.9 Å². The van der Waals surface area contributed by atoms with Crippen LogP contribution in [0.25, 0.3) is 0 Å². The summed E-state index contributed by atoms with van der Waals surface area (Å²) in [6.07, 6.45) is 2.69. The third-order valence-electron chi connectivity index (χ3n) is 5.40. The van der Waals surface area contributed by atoms with Gasteiger partial charge in [0.05, 0.1) is 11.8 Å². The van der Waals surface area contributed by atoms with Gasteiger partial charge in [0.1, 0.15) is 5.82 Å². The summed E-state index contributed by atoms with van der Waals surface area (Å²) in [6, 6.07) is 6.12. The quantitative estimate of drug-likeness (QED) is 0.795. The van der Waals surface area contributed by atoms with Gasteiger partial charge >= 0.3 is 0 Å². The van der Waals surface area contributed by atoms with E-state index in [1.807, 2.05) is 11.8 Å². The van der Waals surface area contributed by atoms with Crippen molar-refractivity contribution in [1.82, 2.24) is 9.80 Å². The Morgan fingerprint density at radius 3 is 3.00 bits per heavy atom. The Hall–Kier alpha value is -2.17. The molecule has 2 aliphatic rings. The Labute approximate surface area is 141 Å². The second kappa shape index (κ2) is 6.38. The Kier molecular flexibility index (Phi) is 4.43. The summed E-state index contributed by atoms with van der Waals surface area (Å²) in [6.45, 7) is 8.08. The van der Waals surface area contributed by atoms with E-state index < -0.39 is 5.41 Å². The van der Waals surface area contributed by atoms with Gasteiger partial charge in [0, 0.05) is 26.2 Å². The van der Waals surface area contributed by atoms with Crippen molar-refractivity contribution in [2.75, 3.05) is 26.2 Å². The minimum Gasteiger partial charge on any atom is -0.341 e. The maximum absolute atomic E-state index is 13.3. The summed E-state index contributed by atoms with van der Waals surface area (Å²) in [5, 5.41) is 0. The van der Waals surface area contributed by atoms with Crippen LogP contribution in [0.15, 0.2) is 36.9 Å². The van der Waals surface area contributed by atoms with E-state index in [4.69, 9.17) is 0 Å². The standard InChI is InChI=1S/C19H23FN2O2/c1-3-8-21-9-7-19(18(21)24)13-22(12-14(19)2)17(23)11-15-5-4-6-16(20)10-15/h3-6,10,14H,1,7-9,11-13H2,2H3/t14-,19-/m1/s1. The lowest BCUT2D eigenvalue weighted by Gasteiger charge is -2.26. The van der Waals surface area contributed by atoms with Crippen molar-refractivity contribution in [3.8, 4) is 0 Å². The van der Waals surface area contributed by atoms with E-state index in [1.54, 1.807) is 23.1 Å². The molecule has 2 heterocycles. The summed E-state index contributed by atoms with van der Waals surface area (Å²) in [7, 11) is 0. The zero-order chi connectivity index (χ0) is 17.3. The van der Waals surface area contributed by atoms with Crippen molar-refractivity contribution in [1.29, 1.82) is 0 Å². The first-order valence-electron chi connectivity index (χ1n) is 8.39. The molecule has 2 aliphatic heterocycles. The number of nitrogens with zero attached hydrogens (tertiary/aromatic N) is 2. The first-order chi connectivity index (χ1) is 11.5. The van der Waals surface area contributed by atoms with Gasteiger partial charge in [-0.05, 0) is 30.0 Å². The zero-order valence-corrected chi connectivity index (χ0v) is 14.0. The largest absolute Gasteiger partial charge is 0.341 e. The monoisotopic (exact) mass is 330 g/mol. The molecule has 3 rings (SSSR count). The number of benzene rings is 1. The van der Waals surface area contributed by atoms with Crippen molar-refractivity contribution in [2.24, 2.45) is 11.3 Å². The topological polar surface area (TPSA) is 40.6 Å². The van der Waals surface area contributed by atoms with E-state index in [9.17, 15) is 14.0 Å². The van der Waals surface area contributed by atoms with Crippen molar-refractivity contribution < 1.29 is 14.0 Å². The average molecular weight is 330 g/mol. The van der Waals surface area contributed by atoms with E-state index in [0.717, 1.165) is 13.0 Å². The zero-order valence-electron chi connectivity index (χ0n) is 14.0. The third kappa shape index (κ3) is 2.83. The summed E-state index contributed by atoms with van der Waals surface area (Å²) in [4.78, 5) is 29.0. The first-order valence-corrected chi connectivity index (χ1v) is 8.39. The molecule has 2 amide bonds. The molecule has 0 unspecified atom stereocenters. The molecule has 0 bridgehead atoms. The smallest absolute Gasteiger partial charge is 0.231 e. The van der Waals surface area contributed by atoms with Crippen molar-refractivity contribution >= 4 is 11.8 Å². The second-order valence-electron chi connectivity index (χ2n) is 6.93. The molecule has 0 N–H and O–H groups in total. The van der Waals surface area contributed by atoms with Gasteiger partial charge in [-0.2, -0.15) is 0 Å². The molecule has 4 nitrogen and oxygen atoms in total. The predicted octanol–water partition coefficient (Wildman–Crippen LogP) is 2.25. The van der Waals surface area contributed by atoms with Gasteiger partial charge in [0.15, 0.2) is 0 Å². The van der Waals surface area contributed by atoms with E-state index in [1.165, 1.54) is 12.1 Å². The van der Waals surface area contributed by atoms with Crippen molar-refractivity contribution in [2.45, 2.75) is 19.8 Å². The highest BCUT2D eigenvalue weighted by molar-refractivity contribution is 5.88. The fraction of sp³-hybridized carbons (Fsp3) is 0.474. The summed E-state index contributed by atoms with van der Waals surface area (Å²) < 4.78 is 13.3. The number of amides is 2. The minimum atomic E-state index is -0.458. The Morgan fingerprint density at radius 1 is 1.50 bits per heavy atom. The van der Waals surface area contributed by atoms with Crippen molar-refractivity contribution in [3.05, 3.63) is 48.3 Å². The molecule has 128 valence electrons. The fourth-order valence-corrected chi connectivity index (χ4v) is 3.98. The number of halogens is 1. The van der Waals surface area contributed by atoms with Gasteiger partial charge in [0.25, 0.3) is 0 Å². The highest BCUT2D eigenvalue weighted by Gasteiger charge is 2.55. The fourth-order valence-electron chi connectivity index (χ4n) is 3.98. The van der Waals surface area contributed by atoms with E-state index in [2.05, 4.69) is 6.58 Å². The predicted molar refractivity (Wildman–Crippen MR) is 89.7 cm³/mol. The van der Waals surface area contributed by atoms with Gasteiger partial charge in [-0.15, -0.1) is 6.58 Å². The molecule has 1 aromatic carbocycles. The van der Waals surface area contributed by atoms with Gasteiger partial charge in [0.2, 0.25) is 11.8 Å². The molecular weight excluding hydrogens is 307 g/mol. The second-order valence-corrected chi connectivity index (χ2v) is 6.93. The molecule has 0 saturated carbocycles. The highest BCUT2D eigenvalue weighted by atomic mass is 19.1. The van der Waals surface area contributed by atoms with Crippen LogP contribution in [0, 0.1) is 17.2 Å². The average Bonchev–Trinajstić information content (AvgIpc) is 3.04. The molecule has 0 aliphatic carbocycles. The van der Waals surface area contributed by atoms with E-state index in [0.29, 0.717) is 25.2 Å². The lowest BCUT2D eigenvalue weighted by atomic mass is 9.78. The molecule has 1 spiro atoms. The maximum Gasteiger partial charge on any atom is 0.231 e. The van der Waals surface area contributed by atoms with Crippen LogP contribution in [0.5, 0.6) is 0 Å². The number of rotatable bonds is 4. The first kappa shape index (κ1) is 16.7. The summed E-state index contributed by atoms with van der Waals surface area (Å²) in [5.41, 5.74) is 0.209.